The van der Waals surface area contributed by atoms with Crippen LogP contribution in [0.2, 0.25) is 0 Å². The lowest BCUT2D eigenvalue weighted by Crippen LogP contribution is -2.15. The first-order chi connectivity index (χ1) is 29.6. The molecule has 2 heteroatoms. The molecule has 0 fully saturated rings. The summed E-state index contributed by atoms with van der Waals surface area (Å²) in [5.41, 5.74) is 7.54. The molecule has 0 aliphatic carbocycles. The van der Waals surface area contributed by atoms with Crippen molar-refractivity contribution in [2.45, 2.75) is 9.79 Å². The molecule has 1 aliphatic heterocycles. The Kier molecular flexibility index (Phi) is 5.51. The molecule has 0 bridgehead atoms. The predicted molar refractivity (Wildman–Crippen MR) is 222 cm³/mol. The van der Waals surface area contributed by atoms with Gasteiger partial charge in [-0.15, -0.1) is 0 Å². The van der Waals surface area contributed by atoms with Crippen LogP contribution in [0.1, 0.15) is 12.3 Å². The highest BCUT2D eigenvalue weighted by molar-refractivity contribution is 7.99. The second kappa shape index (κ2) is 12.8. The lowest BCUT2D eigenvalue weighted by atomic mass is 9.80. The van der Waals surface area contributed by atoms with E-state index < -0.39 is 42.3 Å². The van der Waals surface area contributed by atoms with E-state index in [0.717, 1.165) is 49.1 Å². The molecule has 1 nitrogen and oxygen atoms in total. The number of rotatable bonds is 5. The van der Waals surface area contributed by atoms with Gasteiger partial charge >= 0.3 is 0 Å². The zero-order valence-electron chi connectivity index (χ0n) is 36.7. The van der Waals surface area contributed by atoms with E-state index in [1.807, 2.05) is 97.1 Å². The lowest BCUT2D eigenvalue weighted by molar-refractivity contribution is 1.17. The highest BCUT2D eigenvalue weighted by Crippen LogP contribution is 2.55. The molecule has 0 saturated carbocycles. The smallest absolute Gasteiger partial charge is 0.0629 e. The van der Waals surface area contributed by atoms with E-state index in [9.17, 15) is 2.74 Å². The van der Waals surface area contributed by atoms with Crippen molar-refractivity contribution >= 4 is 50.4 Å². The van der Waals surface area contributed by atoms with Gasteiger partial charge in [0.05, 0.1) is 23.7 Å². The van der Waals surface area contributed by atoms with Crippen LogP contribution in [0, 0.1) is 0 Å². The summed E-state index contributed by atoms with van der Waals surface area (Å²) in [6, 6.07) is 44.0. The summed E-state index contributed by atoms with van der Waals surface area (Å²) in [7, 11) is 0. The molecule has 244 valence electrons. The summed E-state index contributed by atoms with van der Waals surface area (Å²) < 4.78 is 81.1. The Labute approximate surface area is 321 Å². The first-order valence-electron chi connectivity index (χ1n) is 21.5. The predicted octanol–water partition coefficient (Wildman–Crippen LogP) is 14.6. The van der Waals surface area contributed by atoms with Gasteiger partial charge in [-0.25, -0.2) is 0 Å². The third-order valence-corrected chi connectivity index (χ3v) is 10.8. The highest BCUT2D eigenvalue weighted by Gasteiger charge is 2.28. The number of fused-ring (bicyclic) bond motifs is 4. The average Bonchev–Trinajstić information content (AvgIpc) is 3.30. The van der Waals surface area contributed by atoms with E-state index in [4.69, 9.17) is 9.60 Å². The number of anilines is 3. The van der Waals surface area contributed by atoms with Crippen molar-refractivity contribution in [1.82, 2.24) is 0 Å². The molecule has 0 N–H and O–H groups in total. The summed E-state index contributed by atoms with van der Waals surface area (Å²) in [6.07, 6.45) is 0. The van der Waals surface area contributed by atoms with Crippen LogP contribution < -0.4 is 4.90 Å². The molecule has 0 unspecified atom stereocenters. The van der Waals surface area contributed by atoms with Crippen molar-refractivity contribution < 1.29 is 12.3 Å². The van der Waals surface area contributed by atoms with Gasteiger partial charge in [-0.05, 0) is 102 Å². The number of nitrogens with zero attached hydrogens (tertiary/aromatic N) is 1. The van der Waals surface area contributed by atoms with Gasteiger partial charge in [0.25, 0.3) is 0 Å². The van der Waals surface area contributed by atoms with Gasteiger partial charge in [0.2, 0.25) is 0 Å². The zero-order valence-corrected chi connectivity index (χ0v) is 28.5. The maximum absolute atomic E-state index is 9.69. The fourth-order valence-electron chi connectivity index (χ4n) is 7.47. The minimum Gasteiger partial charge on any atom is -0.308 e. The first-order valence-corrected chi connectivity index (χ1v) is 17.9. The van der Waals surface area contributed by atoms with E-state index in [1.165, 1.54) is 0 Å². The lowest BCUT2D eigenvalue weighted by Gasteiger charge is -2.34. The maximum Gasteiger partial charge on any atom is 0.0629 e. The van der Waals surface area contributed by atoms with Crippen LogP contribution in [0.15, 0.2) is 210 Å². The first kappa shape index (κ1) is 22.5. The standard InChI is InChI=1S/C50H33NS/c1-4-18-34(19-5-1)42-32-37(51-44-28-14-16-30-46(44)52-47-31-17-15-29-45(47)51)33-43(35-20-6-2-7-21-35)50(42)49-40-26-12-10-24-38(40)48(36-22-8-3-9-23-36)39-25-11-13-27-41(39)49/h1-33H/i3D,8D,9D,10D,12D,22D,23D,24D,26D. The number of benzene rings is 9. The molecule has 9 aromatic rings. The summed E-state index contributed by atoms with van der Waals surface area (Å²) in [6.45, 7) is 0. The van der Waals surface area contributed by atoms with Crippen LogP contribution in [-0.4, -0.2) is 0 Å². The van der Waals surface area contributed by atoms with Crippen LogP contribution in [0.25, 0.3) is 66.1 Å². The minimum absolute atomic E-state index is 0.0660. The van der Waals surface area contributed by atoms with Crippen molar-refractivity contribution in [3.05, 3.63) is 200 Å². The SMILES string of the molecule is [2H]c1c([2H])c([2H])c(-c2c3ccccc3c(-c3c(-c4ccccc4)cc(N4c5ccccc5Sc5ccccc54)cc3-c3ccccc3)c3c([2H])c([2H])c([2H])c([2H])c23)c([2H])c1[2H]. The normalized spacial score (nSPS) is 14.5. The quantitative estimate of drug-likeness (QED) is 0.166. The molecule has 0 amide bonds. The molecule has 0 aromatic heterocycles. The van der Waals surface area contributed by atoms with Gasteiger partial charge in [0.15, 0.2) is 0 Å². The van der Waals surface area contributed by atoms with Gasteiger partial charge in [0.1, 0.15) is 0 Å². The molecular formula is C50H33NS. The van der Waals surface area contributed by atoms with E-state index >= 15 is 0 Å². The summed E-state index contributed by atoms with van der Waals surface area (Å²) in [4.78, 5) is 4.47. The fourth-order valence-corrected chi connectivity index (χ4v) is 8.53. The van der Waals surface area contributed by atoms with Crippen LogP contribution >= 0.6 is 11.8 Å². The molecule has 10 rings (SSSR count). The Balaban J connectivity index is 1.44. The molecule has 52 heavy (non-hydrogen) atoms. The van der Waals surface area contributed by atoms with E-state index in [2.05, 4.69) is 41.3 Å². The van der Waals surface area contributed by atoms with Crippen molar-refractivity contribution in [3.63, 3.8) is 0 Å². The molecular weight excluding hydrogens is 647 g/mol. The number of para-hydroxylation sites is 2. The van der Waals surface area contributed by atoms with Crippen molar-refractivity contribution in [1.29, 1.82) is 0 Å². The summed E-state index contributed by atoms with van der Waals surface area (Å²) in [5, 5.41) is 1.32. The molecule has 9 aromatic carbocycles. The van der Waals surface area contributed by atoms with Gasteiger partial charge in [-0.1, -0.05) is 175 Å². The monoisotopic (exact) mass is 688 g/mol. The van der Waals surface area contributed by atoms with Crippen LogP contribution in [0.5, 0.6) is 0 Å². The second-order valence-corrected chi connectivity index (χ2v) is 13.7. The molecule has 1 aliphatic rings. The largest absolute Gasteiger partial charge is 0.308 e. The Morgan fingerprint density at radius 3 is 1.42 bits per heavy atom. The molecule has 0 spiro atoms. The molecule has 0 radical (unpaired) electrons. The van der Waals surface area contributed by atoms with Crippen molar-refractivity contribution in [3.8, 4) is 44.5 Å². The number of hydrogen-bond donors (Lipinski definition) is 0. The van der Waals surface area contributed by atoms with Crippen LogP contribution in [-0.2, 0) is 0 Å². The zero-order chi connectivity index (χ0) is 42.3. The molecule has 1 heterocycles. The Morgan fingerprint density at radius 2 is 0.846 bits per heavy atom. The van der Waals surface area contributed by atoms with Gasteiger partial charge in [-0.2, -0.15) is 0 Å². The maximum atomic E-state index is 9.69. The van der Waals surface area contributed by atoms with Crippen molar-refractivity contribution in [2.75, 3.05) is 4.90 Å². The van der Waals surface area contributed by atoms with Crippen LogP contribution in [0.3, 0.4) is 0 Å². The Morgan fingerprint density at radius 1 is 0.385 bits per heavy atom. The van der Waals surface area contributed by atoms with Gasteiger partial charge < -0.3 is 4.90 Å². The average molecular weight is 689 g/mol. The van der Waals surface area contributed by atoms with Gasteiger partial charge in [0, 0.05) is 15.5 Å². The second-order valence-electron chi connectivity index (χ2n) is 12.6. The molecule has 0 atom stereocenters. The number of hydrogen-bond acceptors (Lipinski definition) is 2. The van der Waals surface area contributed by atoms with Gasteiger partial charge in [-0.3, -0.25) is 0 Å². The molecule has 0 saturated heterocycles. The van der Waals surface area contributed by atoms with Crippen molar-refractivity contribution in [2.24, 2.45) is 0 Å². The van der Waals surface area contributed by atoms with E-state index in [1.54, 1.807) is 23.9 Å². The fraction of sp³-hybridized carbons (Fsp3) is 0. The topological polar surface area (TPSA) is 3.24 Å². The van der Waals surface area contributed by atoms with Crippen LogP contribution in [0.4, 0.5) is 17.1 Å². The third-order valence-electron chi connectivity index (χ3n) is 9.64. The van der Waals surface area contributed by atoms with E-state index in [-0.39, 0.29) is 34.0 Å². The summed E-state index contributed by atoms with van der Waals surface area (Å²) in [5.74, 6) is 0. The minimum atomic E-state index is -0.552. The highest BCUT2D eigenvalue weighted by atomic mass is 32.2. The Hall–Kier alpha value is -6.35. The third kappa shape index (κ3) is 5.03. The van der Waals surface area contributed by atoms with E-state index in [0.29, 0.717) is 21.9 Å². The Bertz CT molecular complexity index is 3150. The summed E-state index contributed by atoms with van der Waals surface area (Å²) >= 11 is 1.72.